The predicted octanol–water partition coefficient (Wildman–Crippen LogP) is -1.01. The van der Waals surface area contributed by atoms with Crippen molar-refractivity contribution in [3.8, 4) is 0 Å². The molecule has 1 aliphatic heterocycles. The zero-order chi connectivity index (χ0) is 69.4. The molecule has 16 N–H and O–H groups in total. The number of fused-ring (bicyclic) bond motifs is 16. The van der Waals surface area contributed by atoms with Crippen LogP contribution in [0.25, 0.3) is 0 Å². The first-order valence-electron chi connectivity index (χ1n) is 29.5. The molecule has 8 aromatic rings. The summed E-state index contributed by atoms with van der Waals surface area (Å²) in [6, 6.07) is 3.38. The lowest BCUT2D eigenvalue weighted by Gasteiger charge is -2.11. The maximum Gasteiger partial charge on any atom is 0.291 e. The fraction of sp³-hybridized carbons (Fsp3) is 0.310. The highest BCUT2D eigenvalue weighted by atomic mass is 16.2. The van der Waals surface area contributed by atoms with Gasteiger partial charge in [-0.2, -0.15) is 0 Å². The van der Waals surface area contributed by atoms with Crippen LogP contribution in [0.4, 0.5) is 46.0 Å². The fourth-order valence-electron chi connectivity index (χ4n) is 9.87. The molecule has 8 aromatic heterocycles. The van der Waals surface area contributed by atoms with Crippen molar-refractivity contribution in [3.63, 3.8) is 0 Å². The number of hydrogen-bond acceptors (Lipinski definition) is 18. The summed E-state index contributed by atoms with van der Waals surface area (Å²) in [6.07, 6.45) is 11.1. The highest BCUT2D eigenvalue weighted by molar-refractivity contribution is 6.07. The number of carbonyl (C=O) groups excluding carboxylic acids is 12. The molecule has 0 fully saturated rings. The molecule has 38 heteroatoms. The highest BCUT2D eigenvalue weighted by Gasteiger charge is 2.26. The minimum absolute atomic E-state index is 0.000651. The van der Waals surface area contributed by atoms with Crippen LogP contribution in [-0.4, -0.2) is 166 Å². The minimum atomic E-state index is -1.13. The van der Waals surface area contributed by atoms with Gasteiger partial charge in [0, 0.05) is 145 Å². The number of hydrogen-bond donors (Lipinski definition) is 14. The molecule has 96 heavy (non-hydrogen) atoms. The van der Waals surface area contributed by atoms with E-state index in [1.807, 2.05) is 0 Å². The molecule has 9 heterocycles. The summed E-state index contributed by atoms with van der Waals surface area (Å²) in [7, 11) is 12.4. The van der Waals surface area contributed by atoms with Gasteiger partial charge in [-0.15, -0.1) is 0 Å². The van der Waals surface area contributed by atoms with Gasteiger partial charge in [0.25, 0.3) is 47.3 Å². The monoisotopic (exact) mass is 1320 g/mol. The smallest absolute Gasteiger partial charge is 0.291 e. The number of carbonyl (C=O) groups is 12. The third-order valence-corrected chi connectivity index (χ3v) is 14.8. The Morgan fingerprint density at radius 1 is 0.312 bits per heavy atom. The van der Waals surface area contributed by atoms with Gasteiger partial charge < -0.3 is 112 Å². The molecule has 9 rings (SSSR count). The molecule has 2 atom stereocenters. The Balaban J connectivity index is 0.831. The van der Waals surface area contributed by atoms with Crippen molar-refractivity contribution in [2.24, 2.45) is 67.8 Å². The SMILES string of the molecule is Cn1cc2cc1C(=O)NCCC(=O)Nc1cn(C)c(n1)C(=O)Nc1cc(n(C)c1)C(=O)NCC[C@@H](N)C(=O)Nc1cn(C)c(n1)C(=O)Nc1cc(n(C)c1)C(=O)NCCC(=O)Nc1cn(C)c(n1)C(=O)Nc1cc(n(C)c1)C(=O)NCC[C@@H](N)C(=O)Nc1cn(C)c(n1)C(=O)N2. The van der Waals surface area contributed by atoms with Gasteiger partial charge >= 0.3 is 0 Å². The van der Waals surface area contributed by atoms with Crippen LogP contribution in [0, 0.1) is 0 Å². The Morgan fingerprint density at radius 2 is 0.552 bits per heavy atom. The van der Waals surface area contributed by atoms with Crippen LogP contribution < -0.4 is 75.3 Å². The zero-order valence-corrected chi connectivity index (χ0v) is 53.2. The number of nitrogens with zero attached hydrogens (tertiary/aromatic N) is 12. The van der Waals surface area contributed by atoms with E-state index in [0.29, 0.717) is 0 Å². The van der Waals surface area contributed by atoms with Gasteiger partial charge in [0.15, 0.2) is 23.3 Å². The van der Waals surface area contributed by atoms with E-state index in [-0.39, 0.29) is 144 Å². The summed E-state index contributed by atoms with van der Waals surface area (Å²) in [5.74, 6) is -7.71. The van der Waals surface area contributed by atoms with Crippen molar-refractivity contribution in [1.82, 2.24) is 77.7 Å². The number of aromatic nitrogens is 12. The normalized spacial score (nSPS) is 17.1. The van der Waals surface area contributed by atoms with Gasteiger partial charge in [-0.1, -0.05) is 0 Å². The molecule has 0 aliphatic carbocycles. The lowest BCUT2D eigenvalue weighted by Crippen LogP contribution is -2.39. The van der Waals surface area contributed by atoms with Gasteiger partial charge in [0.2, 0.25) is 46.9 Å². The molecule has 38 nitrogen and oxygen atoms in total. The molecular weight excluding hydrogens is 1250 g/mol. The standard InChI is InChI=1S/C58H70N26O12/c1-77-21-29-17-35(77)51(89)61-13-9-33(59)49(87)75-41-27-83(7)47(73-41)57(95)67-31-19-38(80(4)23-31)54(92)64-16-12-44(86)70-40-26-82(6)46(72-40)56(94)66-30-18-36(78(2)22-30)52(90)62-14-10-34(60)50(88)76-42-28-84(8)48(74-42)58(96)68-32-20-37(79(3)24-32)53(91)63-15-11-43(85)69-39-25-81(5)45(71-39)55(93)65-29/h17-28,33-34H,9-16,59-60H2,1-8H3,(H,61,89)(H,62,90)(H,63,91)(H,64,92)(H,65,93)(H,66,94)(H,67,95)(H,68,96)(H,69,85)(H,70,86)(H,75,87)(H,76,88)/t33-,34-/m1/s1. The summed E-state index contributed by atoms with van der Waals surface area (Å²) < 4.78 is 11.3. The maximum atomic E-state index is 13.4. The number of imidazole rings is 4. The lowest BCUT2D eigenvalue weighted by atomic mass is 10.2. The average Bonchev–Trinajstić information content (AvgIpc) is 1.72. The van der Waals surface area contributed by atoms with Crippen molar-refractivity contribution in [3.05, 3.63) is 120 Å². The zero-order valence-electron chi connectivity index (χ0n) is 53.2. The second kappa shape index (κ2) is 29.0. The van der Waals surface area contributed by atoms with Crippen LogP contribution in [0.1, 0.15) is 110 Å². The number of rotatable bonds is 0. The molecule has 0 unspecified atom stereocenters. The Kier molecular flexibility index (Phi) is 20.5. The van der Waals surface area contributed by atoms with Crippen molar-refractivity contribution < 1.29 is 57.5 Å². The summed E-state index contributed by atoms with van der Waals surface area (Å²) >= 11 is 0. The number of nitrogens with one attached hydrogen (secondary N) is 12. The van der Waals surface area contributed by atoms with E-state index in [1.165, 1.54) is 139 Å². The summed E-state index contributed by atoms with van der Waals surface area (Å²) in [6.45, 7) is -0.309. The van der Waals surface area contributed by atoms with Gasteiger partial charge in [-0.25, -0.2) is 19.9 Å². The quantitative estimate of drug-likeness (QED) is 0.0865. The van der Waals surface area contributed by atoms with E-state index in [0.717, 1.165) is 0 Å². The topological polar surface area (TPSA) is 492 Å². The third-order valence-electron chi connectivity index (χ3n) is 14.8. The molecule has 0 radical (unpaired) electrons. The van der Waals surface area contributed by atoms with E-state index in [4.69, 9.17) is 11.5 Å². The average molecular weight is 1320 g/mol. The first kappa shape index (κ1) is 67.9. The fourth-order valence-corrected chi connectivity index (χ4v) is 9.87. The summed E-state index contributed by atoms with van der Waals surface area (Å²) in [5, 5.41) is 31.7. The van der Waals surface area contributed by atoms with E-state index in [2.05, 4.69) is 83.7 Å². The van der Waals surface area contributed by atoms with Gasteiger partial charge in [-0.3, -0.25) is 57.5 Å². The third kappa shape index (κ3) is 16.4. The molecule has 0 saturated heterocycles. The van der Waals surface area contributed by atoms with E-state index in [1.54, 1.807) is 28.2 Å². The van der Waals surface area contributed by atoms with Gasteiger partial charge in [0.05, 0.1) is 34.8 Å². The van der Waals surface area contributed by atoms with Crippen molar-refractivity contribution in [2.45, 2.75) is 37.8 Å². The van der Waals surface area contributed by atoms with Crippen LogP contribution in [0.5, 0.6) is 0 Å². The number of aryl methyl sites for hydroxylation is 8. The molecule has 1 aliphatic rings. The lowest BCUT2D eigenvalue weighted by molar-refractivity contribution is -0.118. The van der Waals surface area contributed by atoms with Crippen LogP contribution in [-0.2, 0) is 75.6 Å². The summed E-state index contributed by atoms with van der Waals surface area (Å²) in [5.41, 5.74) is 13.8. The Labute approximate surface area is 544 Å². The van der Waals surface area contributed by atoms with Crippen molar-refractivity contribution in [2.75, 3.05) is 68.7 Å². The molecule has 504 valence electrons. The summed E-state index contributed by atoms with van der Waals surface area (Å²) in [4.78, 5) is 176. The van der Waals surface area contributed by atoms with E-state index in [9.17, 15) is 57.5 Å². The Bertz CT molecular complexity index is 4130. The number of amides is 12. The Hall–Kier alpha value is -12.5. The molecular formula is C58H70N26O12. The van der Waals surface area contributed by atoms with E-state index < -0.39 is 83.0 Å². The van der Waals surface area contributed by atoms with Crippen molar-refractivity contribution >= 4 is 117 Å². The van der Waals surface area contributed by atoms with Gasteiger partial charge in [-0.05, 0) is 37.1 Å². The Morgan fingerprint density at radius 3 is 0.812 bits per heavy atom. The molecule has 0 aromatic carbocycles. The minimum Gasteiger partial charge on any atom is -0.351 e. The van der Waals surface area contributed by atoms with E-state index >= 15 is 0 Å². The predicted molar refractivity (Wildman–Crippen MR) is 345 cm³/mol. The van der Waals surface area contributed by atoms with Crippen molar-refractivity contribution in [1.29, 1.82) is 0 Å². The maximum absolute atomic E-state index is 13.4. The molecule has 0 saturated carbocycles. The van der Waals surface area contributed by atoms with Crippen LogP contribution in [0.2, 0.25) is 0 Å². The van der Waals surface area contributed by atoms with Crippen LogP contribution in [0.15, 0.2) is 73.8 Å². The first-order chi connectivity index (χ1) is 45.6. The number of nitrogens with two attached hydrogens (primary N) is 2. The largest absolute Gasteiger partial charge is 0.351 e. The second-order valence-corrected chi connectivity index (χ2v) is 22.3. The highest BCUT2D eigenvalue weighted by Crippen LogP contribution is 2.21. The van der Waals surface area contributed by atoms with Crippen LogP contribution >= 0.6 is 0 Å². The van der Waals surface area contributed by atoms with Gasteiger partial charge in [0.1, 0.15) is 22.8 Å². The molecule has 0 spiro atoms. The first-order valence-corrected chi connectivity index (χ1v) is 29.5. The second-order valence-electron chi connectivity index (χ2n) is 22.3. The molecule has 12 amide bonds. The van der Waals surface area contributed by atoms with Crippen LogP contribution in [0.3, 0.4) is 0 Å². The molecule has 16 bridgehead atoms. The number of anilines is 8.